The minimum Gasteiger partial charge on any atom is -0.396 e. The molecule has 2 aromatic carbocycles. The van der Waals surface area contributed by atoms with Crippen LogP contribution in [0.2, 0.25) is 0 Å². The maximum absolute atomic E-state index is 12.8. The lowest BCUT2D eigenvalue weighted by atomic mass is 10.0. The Hall–Kier alpha value is -2.50. The van der Waals surface area contributed by atoms with Gasteiger partial charge < -0.3 is 15.1 Å². The third-order valence-corrected chi connectivity index (χ3v) is 5.10. The quantitative estimate of drug-likeness (QED) is 0.822. The largest absolute Gasteiger partial charge is 0.396 e. The summed E-state index contributed by atoms with van der Waals surface area (Å²) in [4.78, 5) is 26.4. The number of ketones is 1. The molecule has 0 aliphatic carbocycles. The number of likely N-dealkylation sites (tertiary alicyclic amines) is 1. The molecule has 0 bridgehead atoms. The number of Topliss-reactive ketones (excluding diaryl/α,β-unsaturated/α-hetero) is 1. The summed E-state index contributed by atoms with van der Waals surface area (Å²) in [5.41, 5.74) is 3.86. The van der Waals surface area contributed by atoms with Crippen molar-refractivity contribution >= 4 is 11.7 Å². The van der Waals surface area contributed by atoms with Crippen LogP contribution >= 0.6 is 0 Å². The number of hydrogen-bond donors (Lipinski definition) is 2. The molecule has 1 heterocycles. The van der Waals surface area contributed by atoms with E-state index in [0.29, 0.717) is 5.56 Å². The summed E-state index contributed by atoms with van der Waals surface area (Å²) in [5, 5.41) is 18.9. The number of carbonyl (C=O) groups excluding carboxylic acids is 2. The third-order valence-electron chi connectivity index (χ3n) is 5.10. The first kappa shape index (κ1) is 19.3. The normalized spacial score (nSPS) is 19.3. The summed E-state index contributed by atoms with van der Waals surface area (Å²) in [6.07, 6.45) is 0.504. The summed E-state index contributed by atoms with van der Waals surface area (Å²) in [6, 6.07) is 15.0. The lowest BCUT2D eigenvalue weighted by molar-refractivity contribution is -0.123. The zero-order chi connectivity index (χ0) is 19.4. The van der Waals surface area contributed by atoms with Gasteiger partial charge in [0.15, 0.2) is 5.78 Å². The number of aliphatic hydroxyl groups excluding tert-OH is 2. The number of β-amino-alcohol motifs (C(OH)–C–C–N with tert-alkyl or cyclic N) is 1. The molecule has 0 aromatic heterocycles. The zero-order valence-electron chi connectivity index (χ0n) is 15.5. The standard InChI is InChI=1S/C22H25NO4/c1-2-15-3-5-16(6-4-15)17-7-9-18(10-8-17)22(27)23-14-19(25)13-20(23)21(26)11-12-24/h3-10,19-20,24-25H,2,11-14H2,1H3. The van der Waals surface area contributed by atoms with Crippen LogP contribution in [-0.2, 0) is 11.2 Å². The van der Waals surface area contributed by atoms with Gasteiger partial charge in [-0.1, -0.05) is 43.3 Å². The predicted molar refractivity (Wildman–Crippen MR) is 103 cm³/mol. The van der Waals surface area contributed by atoms with E-state index in [2.05, 4.69) is 31.2 Å². The number of benzene rings is 2. The van der Waals surface area contributed by atoms with Gasteiger partial charge in [0, 0.05) is 24.9 Å². The average molecular weight is 367 g/mol. The van der Waals surface area contributed by atoms with Crippen molar-refractivity contribution in [3.05, 3.63) is 59.7 Å². The van der Waals surface area contributed by atoms with Gasteiger partial charge in [0.05, 0.1) is 18.8 Å². The first-order chi connectivity index (χ1) is 13.0. The summed E-state index contributed by atoms with van der Waals surface area (Å²) >= 11 is 0. The molecule has 1 saturated heterocycles. The van der Waals surface area contributed by atoms with Crippen molar-refractivity contribution in [3.8, 4) is 11.1 Å². The molecule has 1 aliphatic rings. The van der Waals surface area contributed by atoms with Crippen LogP contribution in [0.5, 0.6) is 0 Å². The summed E-state index contributed by atoms with van der Waals surface area (Å²) in [5.74, 6) is -0.481. The topological polar surface area (TPSA) is 77.8 Å². The fourth-order valence-corrected chi connectivity index (χ4v) is 3.52. The second-order valence-corrected chi connectivity index (χ2v) is 6.93. The molecule has 142 valence electrons. The van der Waals surface area contributed by atoms with Crippen LogP contribution in [0.25, 0.3) is 11.1 Å². The molecule has 1 aliphatic heterocycles. The Bertz CT molecular complexity index is 798. The summed E-state index contributed by atoms with van der Waals surface area (Å²) in [7, 11) is 0. The van der Waals surface area contributed by atoms with Gasteiger partial charge in [0.25, 0.3) is 5.91 Å². The van der Waals surface area contributed by atoms with Crippen LogP contribution < -0.4 is 0 Å². The third kappa shape index (κ3) is 4.26. The maximum atomic E-state index is 12.8. The molecule has 0 saturated carbocycles. The van der Waals surface area contributed by atoms with Crippen molar-refractivity contribution in [2.24, 2.45) is 0 Å². The van der Waals surface area contributed by atoms with Crippen LogP contribution in [-0.4, -0.2) is 52.1 Å². The fourth-order valence-electron chi connectivity index (χ4n) is 3.52. The van der Waals surface area contributed by atoms with Crippen LogP contribution in [0.4, 0.5) is 0 Å². The highest BCUT2D eigenvalue weighted by molar-refractivity contribution is 5.98. The lowest BCUT2D eigenvalue weighted by Gasteiger charge is -2.23. The van der Waals surface area contributed by atoms with Gasteiger partial charge >= 0.3 is 0 Å². The van der Waals surface area contributed by atoms with Crippen LogP contribution in [0.3, 0.4) is 0 Å². The first-order valence-corrected chi connectivity index (χ1v) is 9.35. The van der Waals surface area contributed by atoms with Crippen molar-refractivity contribution < 1.29 is 19.8 Å². The number of nitrogens with zero attached hydrogens (tertiary/aromatic N) is 1. The number of carbonyl (C=O) groups is 2. The summed E-state index contributed by atoms with van der Waals surface area (Å²) in [6.45, 7) is 2.00. The van der Waals surface area contributed by atoms with Gasteiger partial charge in [-0.25, -0.2) is 0 Å². The van der Waals surface area contributed by atoms with Gasteiger partial charge in [-0.05, 0) is 35.2 Å². The zero-order valence-corrected chi connectivity index (χ0v) is 15.5. The van der Waals surface area contributed by atoms with E-state index in [0.717, 1.165) is 17.5 Å². The molecular formula is C22H25NO4. The fraction of sp³-hybridized carbons (Fsp3) is 0.364. The van der Waals surface area contributed by atoms with E-state index < -0.39 is 12.1 Å². The number of rotatable bonds is 6. The molecule has 3 rings (SSSR count). The molecule has 5 heteroatoms. The van der Waals surface area contributed by atoms with Gasteiger partial charge in [0.1, 0.15) is 0 Å². The van der Waals surface area contributed by atoms with Crippen molar-refractivity contribution in [3.63, 3.8) is 0 Å². The molecule has 2 atom stereocenters. The average Bonchev–Trinajstić information content (AvgIpc) is 3.10. The smallest absolute Gasteiger partial charge is 0.254 e. The molecule has 0 spiro atoms. The van der Waals surface area contributed by atoms with Gasteiger partial charge in [-0.3, -0.25) is 9.59 Å². The number of hydrogen-bond acceptors (Lipinski definition) is 4. The molecule has 0 radical (unpaired) electrons. The van der Waals surface area contributed by atoms with E-state index in [1.54, 1.807) is 12.1 Å². The maximum Gasteiger partial charge on any atom is 0.254 e. The molecule has 1 fully saturated rings. The Kier molecular flexibility index (Phi) is 6.04. The second kappa shape index (κ2) is 8.46. The molecule has 1 amide bonds. The molecule has 27 heavy (non-hydrogen) atoms. The van der Waals surface area contributed by atoms with E-state index >= 15 is 0 Å². The van der Waals surface area contributed by atoms with Gasteiger partial charge in [-0.2, -0.15) is 0 Å². The van der Waals surface area contributed by atoms with E-state index in [1.165, 1.54) is 10.5 Å². The Morgan fingerprint density at radius 2 is 1.63 bits per heavy atom. The minimum atomic E-state index is -0.710. The summed E-state index contributed by atoms with van der Waals surface area (Å²) < 4.78 is 0. The Morgan fingerprint density at radius 3 is 2.19 bits per heavy atom. The molecule has 2 unspecified atom stereocenters. The highest BCUT2D eigenvalue weighted by Gasteiger charge is 2.38. The second-order valence-electron chi connectivity index (χ2n) is 6.93. The molecular weight excluding hydrogens is 342 g/mol. The number of aliphatic hydroxyl groups is 2. The van der Waals surface area contributed by atoms with Crippen molar-refractivity contribution in [2.75, 3.05) is 13.2 Å². The SMILES string of the molecule is CCc1ccc(-c2ccc(C(=O)N3CC(O)CC3C(=O)CCO)cc2)cc1. The lowest BCUT2D eigenvalue weighted by Crippen LogP contribution is -2.40. The van der Waals surface area contributed by atoms with E-state index in [-0.39, 0.29) is 37.7 Å². The van der Waals surface area contributed by atoms with Crippen LogP contribution in [0.1, 0.15) is 35.7 Å². The highest BCUT2D eigenvalue weighted by Crippen LogP contribution is 2.25. The van der Waals surface area contributed by atoms with E-state index in [1.807, 2.05) is 12.1 Å². The molecule has 2 aromatic rings. The Balaban J connectivity index is 1.77. The number of amides is 1. The Morgan fingerprint density at radius 1 is 1.04 bits per heavy atom. The van der Waals surface area contributed by atoms with Crippen LogP contribution in [0.15, 0.2) is 48.5 Å². The predicted octanol–water partition coefficient (Wildman–Crippen LogP) is 2.44. The van der Waals surface area contributed by atoms with Crippen molar-refractivity contribution in [1.82, 2.24) is 4.90 Å². The van der Waals surface area contributed by atoms with Crippen molar-refractivity contribution in [2.45, 2.75) is 38.3 Å². The van der Waals surface area contributed by atoms with Gasteiger partial charge in [-0.15, -0.1) is 0 Å². The molecule has 5 nitrogen and oxygen atoms in total. The number of aryl methyl sites for hydroxylation is 1. The highest BCUT2D eigenvalue weighted by atomic mass is 16.3. The Labute approximate surface area is 159 Å². The van der Waals surface area contributed by atoms with Gasteiger partial charge in [0.2, 0.25) is 0 Å². The molecule has 2 N–H and O–H groups in total. The van der Waals surface area contributed by atoms with Crippen molar-refractivity contribution in [1.29, 1.82) is 0 Å². The van der Waals surface area contributed by atoms with Crippen LogP contribution in [0, 0.1) is 0 Å². The minimum absolute atomic E-state index is 0.00609. The van der Waals surface area contributed by atoms with E-state index in [4.69, 9.17) is 5.11 Å². The van der Waals surface area contributed by atoms with E-state index in [9.17, 15) is 14.7 Å². The first-order valence-electron chi connectivity index (χ1n) is 9.35. The monoisotopic (exact) mass is 367 g/mol.